The monoisotopic (exact) mass is 467 g/mol. The number of thioether (sulfide) groups is 1. The lowest BCUT2D eigenvalue weighted by atomic mass is 10.0. The van der Waals surface area contributed by atoms with Crippen molar-refractivity contribution >= 4 is 17.7 Å². The van der Waals surface area contributed by atoms with E-state index in [-0.39, 0.29) is 11.9 Å². The van der Waals surface area contributed by atoms with Crippen LogP contribution in [0.25, 0.3) is 5.69 Å². The molecular weight excluding hydrogens is 438 g/mol. The van der Waals surface area contributed by atoms with Crippen LogP contribution < -0.4 is 14.8 Å². The highest BCUT2D eigenvalue weighted by Gasteiger charge is 2.21. The Balaban J connectivity index is 1.22. The number of likely N-dealkylation sites (tertiary alicyclic amines) is 1. The van der Waals surface area contributed by atoms with E-state index in [1.165, 1.54) is 17.3 Å². The van der Waals surface area contributed by atoms with Crippen molar-refractivity contribution in [2.24, 2.45) is 0 Å². The van der Waals surface area contributed by atoms with Crippen molar-refractivity contribution in [1.29, 1.82) is 0 Å². The van der Waals surface area contributed by atoms with E-state index < -0.39 is 0 Å². The van der Waals surface area contributed by atoms with Crippen LogP contribution >= 0.6 is 11.8 Å². The van der Waals surface area contributed by atoms with Crippen LogP contribution in [0.2, 0.25) is 0 Å². The van der Waals surface area contributed by atoms with Gasteiger partial charge in [-0.15, -0.1) is 10.2 Å². The van der Waals surface area contributed by atoms with E-state index in [0.717, 1.165) is 49.7 Å². The number of benzene rings is 2. The number of piperidine rings is 1. The van der Waals surface area contributed by atoms with Gasteiger partial charge in [0.2, 0.25) is 5.91 Å². The average molecular weight is 468 g/mol. The topological polar surface area (TPSA) is 81.5 Å². The van der Waals surface area contributed by atoms with Gasteiger partial charge >= 0.3 is 0 Å². The van der Waals surface area contributed by atoms with Crippen molar-refractivity contribution in [2.45, 2.75) is 30.6 Å². The Morgan fingerprint density at radius 1 is 1.09 bits per heavy atom. The first-order valence-corrected chi connectivity index (χ1v) is 11.9. The van der Waals surface area contributed by atoms with Crippen molar-refractivity contribution in [1.82, 2.24) is 25.0 Å². The molecule has 1 aliphatic heterocycles. The molecule has 8 nitrogen and oxygen atoms in total. The number of rotatable bonds is 9. The van der Waals surface area contributed by atoms with Gasteiger partial charge in [0.25, 0.3) is 0 Å². The highest BCUT2D eigenvalue weighted by molar-refractivity contribution is 7.99. The molecule has 1 aromatic heterocycles. The molecule has 1 aliphatic rings. The number of hydrogen-bond donors (Lipinski definition) is 1. The molecular formula is C24H29N5O3S. The van der Waals surface area contributed by atoms with Crippen molar-refractivity contribution < 1.29 is 14.3 Å². The lowest BCUT2D eigenvalue weighted by Crippen LogP contribution is -2.44. The Morgan fingerprint density at radius 3 is 2.58 bits per heavy atom. The smallest absolute Gasteiger partial charge is 0.230 e. The molecule has 0 atom stereocenters. The zero-order valence-corrected chi connectivity index (χ0v) is 19.8. The van der Waals surface area contributed by atoms with Crippen molar-refractivity contribution in [3.63, 3.8) is 0 Å². The maximum Gasteiger partial charge on any atom is 0.230 e. The minimum atomic E-state index is 0.0236. The van der Waals surface area contributed by atoms with Crippen molar-refractivity contribution in [2.75, 3.05) is 33.1 Å². The molecule has 33 heavy (non-hydrogen) atoms. The summed E-state index contributed by atoms with van der Waals surface area (Å²) < 4.78 is 12.4. The summed E-state index contributed by atoms with van der Waals surface area (Å²) in [6.45, 7) is 2.82. The van der Waals surface area contributed by atoms with Crippen LogP contribution in [0.1, 0.15) is 18.4 Å². The lowest BCUT2D eigenvalue weighted by Gasteiger charge is -2.32. The fourth-order valence-electron chi connectivity index (χ4n) is 3.91. The number of aromatic nitrogens is 3. The van der Waals surface area contributed by atoms with Gasteiger partial charge in [-0.1, -0.05) is 23.9 Å². The van der Waals surface area contributed by atoms with Gasteiger partial charge in [-0.3, -0.25) is 14.3 Å². The molecule has 1 amide bonds. The highest BCUT2D eigenvalue weighted by Crippen LogP contribution is 2.22. The number of carbonyl (C=O) groups is 1. The molecule has 4 rings (SSSR count). The zero-order valence-electron chi connectivity index (χ0n) is 18.9. The lowest BCUT2D eigenvalue weighted by molar-refractivity contribution is -0.119. The van der Waals surface area contributed by atoms with E-state index in [1.807, 2.05) is 41.0 Å². The third-order valence-corrected chi connectivity index (χ3v) is 6.64. The van der Waals surface area contributed by atoms with E-state index in [1.54, 1.807) is 20.5 Å². The molecule has 1 saturated heterocycles. The minimum Gasteiger partial charge on any atom is -0.497 e. The molecule has 2 heterocycles. The largest absolute Gasteiger partial charge is 0.497 e. The van der Waals surface area contributed by atoms with Gasteiger partial charge in [-0.05, 0) is 54.8 Å². The molecule has 0 radical (unpaired) electrons. The van der Waals surface area contributed by atoms with Gasteiger partial charge in [-0.2, -0.15) is 0 Å². The SMILES string of the molecule is COc1ccc(-n2cnnc2SCC(=O)NC2CCN(Cc3cccc(OC)c3)CC2)cc1. The van der Waals surface area contributed by atoms with E-state index in [4.69, 9.17) is 9.47 Å². The van der Waals surface area contributed by atoms with E-state index in [0.29, 0.717) is 10.9 Å². The van der Waals surface area contributed by atoms with E-state index in [9.17, 15) is 4.79 Å². The molecule has 0 aliphatic carbocycles. The molecule has 174 valence electrons. The number of amides is 1. The van der Waals surface area contributed by atoms with Crippen LogP contribution in [0.3, 0.4) is 0 Å². The first-order valence-electron chi connectivity index (χ1n) is 11.0. The third kappa shape index (κ3) is 6.27. The van der Waals surface area contributed by atoms with Gasteiger partial charge in [0.15, 0.2) is 5.16 Å². The van der Waals surface area contributed by atoms with Gasteiger partial charge < -0.3 is 14.8 Å². The van der Waals surface area contributed by atoms with Crippen LogP contribution in [0.15, 0.2) is 60.0 Å². The first-order chi connectivity index (χ1) is 16.1. The third-order valence-electron chi connectivity index (χ3n) is 5.69. The summed E-state index contributed by atoms with van der Waals surface area (Å²) in [7, 11) is 3.33. The normalized spacial score (nSPS) is 14.7. The van der Waals surface area contributed by atoms with E-state index in [2.05, 4.69) is 32.5 Å². The molecule has 0 spiro atoms. The summed E-state index contributed by atoms with van der Waals surface area (Å²) in [5.74, 6) is 2.00. The number of methoxy groups -OCH3 is 2. The molecule has 2 aromatic carbocycles. The predicted octanol–water partition coefficient (Wildman–Crippen LogP) is 3.16. The van der Waals surface area contributed by atoms with Crippen molar-refractivity contribution in [3.8, 4) is 17.2 Å². The summed E-state index contributed by atoms with van der Waals surface area (Å²) in [6.07, 6.45) is 3.55. The van der Waals surface area contributed by atoms with Crippen LogP contribution in [0.4, 0.5) is 0 Å². The second-order valence-electron chi connectivity index (χ2n) is 7.94. The van der Waals surface area contributed by atoms with Gasteiger partial charge in [0, 0.05) is 31.4 Å². The molecule has 1 fully saturated rings. The summed E-state index contributed by atoms with van der Waals surface area (Å²) in [6, 6.07) is 16.0. The Labute approximate surface area is 198 Å². The number of hydrogen-bond acceptors (Lipinski definition) is 7. The second-order valence-corrected chi connectivity index (χ2v) is 8.88. The predicted molar refractivity (Wildman–Crippen MR) is 128 cm³/mol. The molecule has 0 unspecified atom stereocenters. The number of carbonyl (C=O) groups excluding carboxylic acids is 1. The standard InChI is InChI=1S/C24H29N5O3S/c1-31-21-8-6-20(7-9-21)29-17-25-27-24(29)33-16-23(30)26-19-10-12-28(13-11-19)15-18-4-3-5-22(14-18)32-2/h3-9,14,17,19H,10-13,15-16H2,1-2H3,(H,26,30). The van der Waals surface area contributed by atoms with Crippen LogP contribution in [0.5, 0.6) is 11.5 Å². The summed E-state index contributed by atoms with van der Waals surface area (Å²) >= 11 is 1.38. The Hall–Kier alpha value is -3.04. The second kappa shape index (κ2) is 11.2. The summed E-state index contributed by atoms with van der Waals surface area (Å²) in [5, 5.41) is 12.0. The first kappa shape index (κ1) is 23.1. The molecule has 9 heteroatoms. The molecule has 0 saturated carbocycles. The summed E-state index contributed by atoms with van der Waals surface area (Å²) in [5.41, 5.74) is 2.17. The molecule has 0 bridgehead atoms. The Kier molecular flexibility index (Phi) is 7.85. The summed E-state index contributed by atoms with van der Waals surface area (Å²) in [4.78, 5) is 15.0. The highest BCUT2D eigenvalue weighted by atomic mass is 32.2. The van der Waals surface area contributed by atoms with Gasteiger partial charge in [0.05, 0.1) is 20.0 Å². The quantitative estimate of drug-likeness (QED) is 0.484. The fourth-order valence-corrected chi connectivity index (χ4v) is 4.65. The van der Waals surface area contributed by atoms with E-state index >= 15 is 0 Å². The fraction of sp³-hybridized carbons (Fsp3) is 0.375. The average Bonchev–Trinajstić information content (AvgIpc) is 3.33. The van der Waals surface area contributed by atoms with Gasteiger partial charge in [-0.25, -0.2) is 0 Å². The van der Waals surface area contributed by atoms with Crippen LogP contribution in [0, 0.1) is 0 Å². The Bertz CT molecular complexity index is 1050. The van der Waals surface area contributed by atoms with Crippen LogP contribution in [-0.4, -0.2) is 64.7 Å². The maximum absolute atomic E-state index is 12.5. The maximum atomic E-state index is 12.5. The number of nitrogens with zero attached hydrogens (tertiary/aromatic N) is 4. The number of nitrogens with one attached hydrogen (secondary N) is 1. The minimum absolute atomic E-state index is 0.0236. The zero-order chi connectivity index (χ0) is 23.0. The molecule has 1 N–H and O–H groups in total. The van der Waals surface area contributed by atoms with Gasteiger partial charge in [0.1, 0.15) is 17.8 Å². The number of ether oxygens (including phenoxy) is 2. The van der Waals surface area contributed by atoms with Crippen molar-refractivity contribution in [3.05, 3.63) is 60.4 Å². The van der Waals surface area contributed by atoms with Crippen LogP contribution in [-0.2, 0) is 11.3 Å². The Morgan fingerprint density at radius 2 is 1.85 bits per heavy atom. The molecule has 3 aromatic rings.